The smallest absolute Gasteiger partial charge is 0.326 e. The summed E-state index contributed by atoms with van der Waals surface area (Å²) in [7, 11) is 0. The highest BCUT2D eigenvalue weighted by Gasteiger charge is 2.35. The number of nitrogens with zero attached hydrogens (tertiary/aromatic N) is 1. The molecule has 6 nitrogen and oxygen atoms in total. The highest BCUT2D eigenvalue weighted by Crippen LogP contribution is 2.22. The number of nitrogens with one attached hydrogen (secondary N) is 1. The largest absolute Gasteiger partial charge is 0.480 e. The van der Waals surface area contributed by atoms with Crippen LogP contribution in [-0.2, 0) is 4.79 Å². The average molecular weight is 272 g/mol. The molecule has 0 aromatic rings. The Labute approximate surface area is 113 Å². The van der Waals surface area contributed by atoms with E-state index in [0.29, 0.717) is 25.4 Å². The number of rotatable bonds is 4. The molecule has 0 aromatic heterocycles. The van der Waals surface area contributed by atoms with Gasteiger partial charge in [0, 0.05) is 19.7 Å². The van der Waals surface area contributed by atoms with Crippen LogP contribution in [0, 0.1) is 11.3 Å². The third kappa shape index (κ3) is 4.38. The molecule has 1 saturated heterocycles. The number of likely N-dealkylation sites (tertiary alicyclic amines) is 1. The van der Waals surface area contributed by atoms with Crippen molar-refractivity contribution in [1.29, 1.82) is 0 Å². The molecule has 2 amide bonds. The number of carboxylic acid groups (broad SMARTS) is 1. The monoisotopic (exact) mass is 272 g/mol. The molecule has 0 aromatic carbocycles. The second kappa shape index (κ2) is 6.23. The first-order chi connectivity index (χ1) is 8.75. The van der Waals surface area contributed by atoms with Gasteiger partial charge in [0.05, 0.1) is 0 Å². The first kappa shape index (κ1) is 15.8. The van der Waals surface area contributed by atoms with Gasteiger partial charge in [-0.05, 0) is 24.2 Å². The van der Waals surface area contributed by atoms with E-state index in [2.05, 4.69) is 5.32 Å². The minimum atomic E-state index is -1.02. The lowest BCUT2D eigenvalue weighted by atomic mass is 9.87. The second-order valence-electron chi connectivity index (χ2n) is 6.20. The van der Waals surface area contributed by atoms with E-state index in [0.717, 1.165) is 6.42 Å². The van der Waals surface area contributed by atoms with Crippen molar-refractivity contribution >= 4 is 12.0 Å². The SMILES string of the molecule is CC(C)(C)C(NC(=O)N1CCC(CCO)C1)C(=O)O. The standard InChI is InChI=1S/C13H24N2O4/c1-13(2,3)10(11(17)18)14-12(19)15-6-4-9(8-15)5-7-16/h9-10,16H,4-8H2,1-3H3,(H,14,19)(H,17,18). The predicted molar refractivity (Wildman–Crippen MR) is 70.8 cm³/mol. The number of hydrogen-bond acceptors (Lipinski definition) is 3. The van der Waals surface area contributed by atoms with Crippen LogP contribution >= 0.6 is 0 Å². The Bertz CT molecular complexity index is 338. The summed E-state index contributed by atoms with van der Waals surface area (Å²) in [5, 5.41) is 20.6. The van der Waals surface area contributed by atoms with Gasteiger partial charge in [0.25, 0.3) is 0 Å². The normalized spacial score (nSPS) is 21.3. The number of aliphatic hydroxyl groups is 1. The molecular formula is C13H24N2O4. The number of aliphatic carboxylic acids is 1. The van der Waals surface area contributed by atoms with E-state index in [9.17, 15) is 14.7 Å². The molecule has 0 aliphatic carbocycles. The van der Waals surface area contributed by atoms with Crippen molar-refractivity contribution in [2.75, 3.05) is 19.7 Å². The van der Waals surface area contributed by atoms with Gasteiger partial charge in [-0.2, -0.15) is 0 Å². The van der Waals surface area contributed by atoms with Crippen molar-refractivity contribution in [3.63, 3.8) is 0 Å². The van der Waals surface area contributed by atoms with Crippen molar-refractivity contribution in [2.45, 2.75) is 39.7 Å². The van der Waals surface area contributed by atoms with E-state index in [-0.39, 0.29) is 12.6 Å². The maximum atomic E-state index is 12.0. The minimum Gasteiger partial charge on any atom is -0.480 e. The summed E-state index contributed by atoms with van der Waals surface area (Å²) in [5.41, 5.74) is -0.536. The molecule has 0 radical (unpaired) electrons. The van der Waals surface area contributed by atoms with Crippen LogP contribution < -0.4 is 5.32 Å². The molecule has 0 saturated carbocycles. The number of aliphatic hydroxyl groups excluding tert-OH is 1. The van der Waals surface area contributed by atoms with E-state index in [1.165, 1.54) is 0 Å². The summed E-state index contributed by atoms with van der Waals surface area (Å²) in [6, 6.07) is -1.24. The van der Waals surface area contributed by atoms with E-state index >= 15 is 0 Å². The van der Waals surface area contributed by atoms with E-state index in [1.54, 1.807) is 25.7 Å². The Balaban J connectivity index is 2.57. The molecule has 1 heterocycles. The number of amides is 2. The third-order valence-electron chi connectivity index (χ3n) is 3.49. The molecule has 6 heteroatoms. The van der Waals surface area contributed by atoms with Crippen LogP contribution in [0.3, 0.4) is 0 Å². The quantitative estimate of drug-likeness (QED) is 0.709. The fourth-order valence-electron chi connectivity index (χ4n) is 2.30. The van der Waals surface area contributed by atoms with Gasteiger partial charge >= 0.3 is 12.0 Å². The van der Waals surface area contributed by atoms with Gasteiger partial charge in [0.15, 0.2) is 0 Å². The van der Waals surface area contributed by atoms with Crippen molar-refractivity contribution < 1.29 is 19.8 Å². The van der Waals surface area contributed by atoms with E-state index in [4.69, 9.17) is 5.11 Å². The lowest BCUT2D eigenvalue weighted by molar-refractivity contribution is -0.142. The Hall–Kier alpha value is -1.30. The van der Waals surface area contributed by atoms with Crippen LogP contribution in [-0.4, -0.2) is 52.9 Å². The van der Waals surface area contributed by atoms with Crippen LogP contribution in [0.5, 0.6) is 0 Å². The lowest BCUT2D eigenvalue weighted by Crippen LogP contribution is -2.52. The molecular weight excluding hydrogens is 248 g/mol. The van der Waals surface area contributed by atoms with Crippen LogP contribution in [0.1, 0.15) is 33.6 Å². The van der Waals surface area contributed by atoms with Crippen molar-refractivity contribution in [3.8, 4) is 0 Å². The van der Waals surface area contributed by atoms with Crippen molar-refractivity contribution in [1.82, 2.24) is 10.2 Å². The zero-order valence-electron chi connectivity index (χ0n) is 11.8. The Kier molecular flexibility index (Phi) is 5.17. The van der Waals surface area contributed by atoms with Crippen LogP contribution in [0.4, 0.5) is 4.79 Å². The van der Waals surface area contributed by atoms with Crippen LogP contribution in [0.25, 0.3) is 0 Å². The molecule has 1 aliphatic rings. The minimum absolute atomic E-state index is 0.125. The number of urea groups is 1. The molecule has 1 fully saturated rings. The fourth-order valence-corrected chi connectivity index (χ4v) is 2.30. The summed E-state index contributed by atoms with van der Waals surface area (Å²) in [4.78, 5) is 24.9. The average Bonchev–Trinajstić information content (AvgIpc) is 2.72. The molecule has 2 atom stereocenters. The van der Waals surface area contributed by atoms with Gasteiger partial charge in [-0.25, -0.2) is 9.59 Å². The summed E-state index contributed by atoms with van der Waals surface area (Å²) in [5.74, 6) is -0.708. The van der Waals surface area contributed by atoms with Crippen LogP contribution in [0.2, 0.25) is 0 Å². The van der Waals surface area contributed by atoms with Gasteiger partial charge in [0.2, 0.25) is 0 Å². The molecule has 3 N–H and O–H groups in total. The summed E-state index contributed by atoms with van der Waals surface area (Å²) in [6.45, 7) is 6.68. The lowest BCUT2D eigenvalue weighted by Gasteiger charge is -2.29. The topological polar surface area (TPSA) is 89.9 Å². The van der Waals surface area contributed by atoms with E-state index in [1.807, 2.05) is 0 Å². The Morgan fingerprint density at radius 3 is 2.53 bits per heavy atom. The fraction of sp³-hybridized carbons (Fsp3) is 0.846. The summed E-state index contributed by atoms with van der Waals surface area (Å²) >= 11 is 0. The summed E-state index contributed by atoms with van der Waals surface area (Å²) < 4.78 is 0. The first-order valence-corrected chi connectivity index (χ1v) is 6.64. The highest BCUT2D eigenvalue weighted by molar-refractivity contribution is 5.83. The Morgan fingerprint density at radius 1 is 1.42 bits per heavy atom. The zero-order valence-corrected chi connectivity index (χ0v) is 11.8. The molecule has 0 bridgehead atoms. The number of carbonyl (C=O) groups is 2. The molecule has 0 spiro atoms. The van der Waals surface area contributed by atoms with Crippen molar-refractivity contribution in [2.24, 2.45) is 11.3 Å². The summed E-state index contributed by atoms with van der Waals surface area (Å²) in [6.07, 6.45) is 1.55. The molecule has 2 unspecified atom stereocenters. The predicted octanol–water partition coefficient (Wildman–Crippen LogP) is 0.900. The molecule has 1 rings (SSSR count). The van der Waals surface area contributed by atoms with Gasteiger partial charge < -0.3 is 20.4 Å². The number of carbonyl (C=O) groups excluding carboxylic acids is 1. The third-order valence-corrected chi connectivity index (χ3v) is 3.49. The maximum absolute atomic E-state index is 12.0. The highest BCUT2D eigenvalue weighted by atomic mass is 16.4. The van der Waals surface area contributed by atoms with Gasteiger partial charge in [0.1, 0.15) is 6.04 Å². The molecule has 19 heavy (non-hydrogen) atoms. The van der Waals surface area contributed by atoms with Crippen molar-refractivity contribution in [3.05, 3.63) is 0 Å². The maximum Gasteiger partial charge on any atom is 0.326 e. The van der Waals surface area contributed by atoms with Gasteiger partial charge in [-0.15, -0.1) is 0 Å². The Morgan fingerprint density at radius 2 is 2.05 bits per heavy atom. The zero-order chi connectivity index (χ0) is 14.6. The van der Waals surface area contributed by atoms with E-state index < -0.39 is 17.4 Å². The second-order valence-corrected chi connectivity index (χ2v) is 6.20. The van der Waals surface area contributed by atoms with Gasteiger partial charge in [-0.3, -0.25) is 0 Å². The number of carboxylic acids is 1. The first-order valence-electron chi connectivity index (χ1n) is 6.64. The number of hydrogen-bond donors (Lipinski definition) is 3. The molecule has 1 aliphatic heterocycles. The van der Waals surface area contributed by atoms with Crippen LogP contribution in [0.15, 0.2) is 0 Å². The molecule has 110 valence electrons. The van der Waals surface area contributed by atoms with Gasteiger partial charge in [-0.1, -0.05) is 20.8 Å².